The highest BCUT2D eigenvalue weighted by molar-refractivity contribution is 9.10. The van der Waals surface area contributed by atoms with Crippen molar-refractivity contribution in [3.63, 3.8) is 0 Å². The lowest BCUT2D eigenvalue weighted by molar-refractivity contribution is 0.0605. The molecule has 0 saturated heterocycles. The van der Waals surface area contributed by atoms with E-state index >= 15 is 0 Å². The minimum absolute atomic E-state index is 0.00122. The minimum atomic E-state index is -0.636. The first-order valence-corrected chi connectivity index (χ1v) is 12.7. The molecule has 5 nitrogen and oxygen atoms in total. The second kappa shape index (κ2) is 11.3. The third kappa shape index (κ3) is 5.65. The van der Waals surface area contributed by atoms with E-state index in [0.29, 0.717) is 36.5 Å². The molecule has 0 fully saturated rings. The second-order valence-electron chi connectivity index (χ2n) is 9.16. The molecule has 0 spiro atoms. The van der Waals surface area contributed by atoms with E-state index in [2.05, 4.69) is 15.9 Å². The molecule has 36 heavy (non-hydrogen) atoms. The maximum absolute atomic E-state index is 14.0. The Kier molecular flexibility index (Phi) is 8.16. The van der Waals surface area contributed by atoms with E-state index in [1.807, 2.05) is 59.7 Å². The van der Waals surface area contributed by atoms with Crippen LogP contribution in [0.5, 0.6) is 0 Å². The minimum Gasteiger partial charge on any atom is -0.330 e. The Balaban J connectivity index is 1.88. The molecule has 0 aliphatic heterocycles. The number of benzene rings is 3. The Bertz CT molecular complexity index is 1340. The van der Waals surface area contributed by atoms with Gasteiger partial charge in [-0.05, 0) is 66.9 Å². The first-order valence-electron chi connectivity index (χ1n) is 11.9. The molecule has 0 aliphatic rings. The smallest absolute Gasteiger partial charge is 0.254 e. The third-order valence-corrected chi connectivity index (χ3v) is 6.61. The molecule has 188 valence electrons. The van der Waals surface area contributed by atoms with Gasteiger partial charge in [0.1, 0.15) is 17.5 Å². The van der Waals surface area contributed by atoms with Gasteiger partial charge in [0.25, 0.3) is 5.91 Å². The van der Waals surface area contributed by atoms with E-state index in [1.54, 1.807) is 12.1 Å². The van der Waals surface area contributed by atoms with Crippen molar-refractivity contribution in [2.45, 2.75) is 32.9 Å². The van der Waals surface area contributed by atoms with Crippen LogP contribution < -0.4 is 5.73 Å². The van der Waals surface area contributed by atoms with E-state index in [9.17, 15) is 13.6 Å². The van der Waals surface area contributed by atoms with Crippen molar-refractivity contribution in [2.24, 2.45) is 11.7 Å². The molecule has 1 atom stereocenters. The lowest BCUT2D eigenvalue weighted by Gasteiger charge is -2.34. The molecule has 1 aromatic heterocycles. The topological polar surface area (TPSA) is 64.2 Å². The molecule has 4 rings (SSSR count). The quantitative estimate of drug-likeness (QED) is 0.263. The Morgan fingerprint density at radius 3 is 2.39 bits per heavy atom. The van der Waals surface area contributed by atoms with Crippen molar-refractivity contribution in [1.82, 2.24) is 14.5 Å². The number of carbonyl (C=O) groups excluding carboxylic acids is 1. The van der Waals surface area contributed by atoms with E-state index < -0.39 is 17.7 Å². The van der Waals surface area contributed by atoms with Crippen molar-refractivity contribution in [1.29, 1.82) is 0 Å². The molecule has 1 unspecified atom stereocenters. The molecule has 1 heterocycles. The average Bonchev–Trinajstić information content (AvgIpc) is 3.17. The van der Waals surface area contributed by atoms with Crippen molar-refractivity contribution in [3.05, 3.63) is 99.8 Å². The highest BCUT2D eigenvalue weighted by Gasteiger charge is 2.32. The molecule has 1 amide bonds. The van der Waals surface area contributed by atoms with Gasteiger partial charge in [-0.25, -0.2) is 13.8 Å². The monoisotopic (exact) mass is 554 g/mol. The maximum Gasteiger partial charge on any atom is 0.254 e. The largest absolute Gasteiger partial charge is 0.330 e. The number of amides is 1. The van der Waals surface area contributed by atoms with Crippen molar-refractivity contribution in [3.8, 4) is 0 Å². The van der Waals surface area contributed by atoms with Crippen LogP contribution in [0, 0.1) is 17.6 Å². The SMILES string of the molecule is CC(C)C(c1nc2cc(Br)ccc2n1Cc1cc(F)cc(F)c1)N(CCCN)C(=O)c1ccccc1. The van der Waals surface area contributed by atoms with Gasteiger partial charge in [-0.2, -0.15) is 0 Å². The summed E-state index contributed by atoms with van der Waals surface area (Å²) in [5, 5.41) is 0. The Labute approximate surface area is 218 Å². The molecular weight excluding hydrogens is 526 g/mol. The molecular formula is C28H29BrF2N4O. The number of nitrogens with two attached hydrogens (primary N) is 1. The van der Waals surface area contributed by atoms with Gasteiger partial charge in [-0.1, -0.05) is 48.0 Å². The number of imidazole rings is 1. The summed E-state index contributed by atoms with van der Waals surface area (Å²) in [5.74, 6) is -0.729. The van der Waals surface area contributed by atoms with Crippen LogP contribution in [0.25, 0.3) is 11.0 Å². The Morgan fingerprint density at radius 2 is 1.75 bits per heavy atom. The molecule has 0 aliphatic carbocycles. The first kappa shape index (κ1) is 26.0. The van der Waals surface area contributed by atoms with Gasteiger partial charge in [0, 0.05) is 29.2 Å². The summed E-state index contributed by atoms with van der Waals surface area (Å²) in [5.41, 5.74) is 8.43. The van der Waals surface area contributed by atoms with Crippen LogP contribution in [-0.4, -0.2) is 33.4 Å². The van der Waals surface area contributed by atoms with Gasteiger partial charge >= 0.3 is 0 Å². The van der Waals surface area contributed by atoms with Crippen LogP contribution in [0.1, 0.15) is 48.1 Å². The van der Waals surface area contributed by atoms with Crippen LogP contribution in [0.2, 0.25) is 0 Å². The van der Waals surface area contributed by atoms with Crippen molar-refractivity contribution in [2.75, 3.05) is 13.1 Å². The predicted octanol–water partition coefficient (Wildman–Crippen LogP) is 6.31. The number of hydrogen-bond acceptors (Lipinski definition) is 3. The van der Waals surface area contributed by atoms with Crippen LogP contribution in [0.3, 0.4) is 0 Å². The molecule has 0 saturated carbocycles. The predicted molar refractivity (Wildman–Crippen MR) is 142 cm³/mol. The lowest BCUT2D eigenvalue weighted by atomic mass is 9.99. The summed E-state index contributed by atoms with van der Waals surface area (Å²) in [6.45, 7) is 5.18. The van der Waals surface area contributed by atoms with Gasteiger partial charge in [0.2, 0.25) is 0 Å². The maximum atomic E-state index is 14.0. The van der Waals surface area contributed by atoms with Crippen molar-refractivity contribution >= 4 is 32.9 Å². The second-order valence-corrected chi connectivity index (χ2v) is 10.1. The van der Waals surface area contributed by atoms with Crippen LogP contribution in [0.4, 0.5) is 8.78 Å². The third-order valence-electron chi connectivity index (χ3n) is 6.12. The van der Waals surface area contributed by atoms with E-state index in [4.69, 9.17) is 10.7 Å². The summed E-state index contributed by atoms with van der Waals surface area (Å²) in [4.78, 5) is 20.5. The zero-order valence-electron chi connectivity index (χ0n) is 20.3. The molecule has 2 N–H and O–H groups in total. The summed E-state index contributed by atoms with van der Waals surface area (Å²) >= 11 is 3.51. The van der Waals surface area contributed by atoms with E-state index in [0.717, 1.165) is 21.6 Å². The summed E-state index contributed by atoms with van der Waals surface area (Å²) in [7, 11) is 0. The Hall–Kier alpha value is -3.10. The fraction of sp³-hybridized carbons (Fsp3) is 0.286. The molecule has 0 bridgehead atoms. The molecule has 3 aromatic carbocycles. The number of halogens is 3. The molecule has 4 aromatic rings. The zero-order valence-corrected chi connectivity index (χ0v) is 21.9. The number of hydrogen-bond donors (Lipinski definition) is 1. The van der Waals surface area contributed by atoms with Gasteiger partial charge < -0.3 is 15.2 Å². The number of carbonyl (C=O) groups is 1. The van der Waals surface area contributed by atoms with Gasteiger partial charge in [-0.15, -0.1) is 0 Å². The van der Waals surface area contributed by atoms with Crippen molar-refractivity contribution < 1.29 is 13.6 Å². The molecule has 8 heteroatoms. The number of nitrogens with zero attached hydrogens (tertiary/aromatic N) is 3. The van der Waals surface area contributed by atoms with Crippen LogP contribution >= 0.6 is 15.9 Å². The number of rotatable bonds is 9. The average molecular weight is 555 g/mol. The fourth-order valence-corrected chi connectivity index (χ4v) is 4.92. The number of fused-ring (bicyclic) bond motifs is 1. The summed E-state index contributed by atoms with van der Waals surface area (Å²) in [6.07, 6.45) is 0.628. The zero-order chi connectivity index (χ0) is 25.8. The Morgan fingerprint density at radius 1 is 1.06 bits per heavy atom. The molecule has 0 radical (unpaired) electrons. The van der Waals surface area contributed by atoms with E-state index in [1.165, 1.54) is 12.1 Å². The van der Waals surface area contributed by atoms with E-state index in [-0.39, 0.29) is 18.4 Å². The van der Waals surface area contributed by atoms with Gasteiger partial charge in [-0.3, -0.25) is 4.79 Å². The first-order chi connectivity index (χ1) is 17.3. The number of aromatic nitrogens is 2. The van der Waals surface area contributed by atoms with Gasteiger partial charge in [0.05, 0.1) is 17.1 Å². The summed E-state index contributed by atoms with van der Waals surface area (Å²) in [6, 6.07) is 18.0. The highest BCUT2D eigenvalue weighted by Crippen LogP contribution is 2.33. The summed E-state index contributed by atoms with van der Waals surface area (Å²) < 4.78 is 30.9. The normalized spacial score (nSPS) is 12.3. The van der Waals surface area contributed by atoms with Crippen LogP contribution in [0.15, 0.2) is 71.2 Å². The fourth-order valence-electron chi connectivity index (χ4n) is 4.57. The lowest BCUT2D eigenvalue weighted by Crippen LogP contribution is -2.40. The highest BCUT2D eigenvalue weighted by atomic mass is 79.9. The van der Waals surface area contributed by atoms with Gasteiger partial charge in [0.15, 0.2) is 0 Å². The standard InChI is InChI=1S/C28H29BrF2N4O/c1-18(2)26(34(12-6-11-32)28(36)20-7-4-3-5-8-20)27-33-24-15-21(29)9-10-25(24)35(27)17-19-13-22(30)16-23(31)14-19/h3-5,7-10,13-16,18,26H,6,11-12,17,32H2,1-2H3. The van der Waals surface area contributed by atoms with Crippen LogP contribution in [-0.2, 0) is 6.54 Å².